The summed E-state index contributed by atoms with van der Waals surface area (Å²) in [4.78, 5) is 34.1. The third-order valence-electron chi connectivity index (χ3n) is 11.3. The minimum atomic E-state index is -3.91. The summed E-state index contributed by atoms with van der Waals surface area (Å²) in [5.41, 5.74) is -0.392. The van der Waals surface area contributed by atoms with Gasteiger partial charge in [-0.05, 0) is 90.0 Å². The first kappa shape index (κ1) is 42.4. The minimum absolute atomic E-state index is 0.00514. The number of benzene rings is 4. The molecule has 0 spiro atoms. The van der Waals surface area contributed by atoms with Crippen molar-refractivity contribution in [3.8, 4) is 16.8 Å². The number of carbonyl (C=O) groups is 1. The quantitative estimate of drug-likeness (QED) is 0.124. The van der Waals surface area contributed by atoms with Gasteiger partial charge in [-0.25, -0.2) is 31.0 Å². The van der Waals surface area contributed by atoms with Gasteiger partial charge in [0.2, 0.25) is 15.9 Å². The van der Waals surface area contributed by atoms with Crippen molar-refractivity contribution in [1.29, 1.82) is 0 Å². The number of nitrogens with zero attached hydrogens (tertiary/aromatic N) is 6. The lowest BCUT2D eigenvalue weighted by atomic mass is 10.0. The van der Waals surface area contributed by atoms with Gasteiger partial charge in [0.15, 0.2) is 5.82 Å². The summed E-state index contributed by atoms with van der Waals surface area (Å²) in [7, 11) is -2.46. The van der Waals surface area contributed by atoms with Crippen molar-refractivity contribution in [3.63, 3.8) is 0 Å². The predicted octanol–water partition coefficient (Wildman–Crippen LogP) is 8.65. The van der Waals surface area contributed by atoms with E-state index >= 15 is 13.6 Å². The van der Waals surface area contributed by atoms with Crippen LogP contribution in [0.3, 0.4) is 0 Å². The van der Waals surface area contributed by atoms with Crippen molar-refractivity contribution in [3.05, 3.63) is 133 Å². The number of hydrogen-bond donors (Lipinski definition) is 2. The molecule has 0 unspecified atom stereocenters. The van der Waals surface area contributed by atoms with Crippen LogP contribution in [0.25, 0.3) is 38.6 Å². The van der Waals surface area contributed by atoms with Crippen molar-refractivity contribution in [2.75, 3.05) is 11.0 Å². The maximum atomic E-state index is 15.5. The number of nitrogens with one attached hydrogen (secondary N) is 2. The molecule has 326 valence electrons. The standard InChI is InChI=1S/C42H32Cl2F6N8O4S/c1-18-10-20(5-7-27(18)43)21-4-6-24-29(14-21)52-40(58(41(24)60)31-9-8-28(44)34-36(31)56(2)54-39(34)55-63(3,61)62)30(13-19-11-22(45)15-23(46)12-19)51-32(59)17-57-37-33(35(53-57)38(47)48)25-16-26(25)42(37,49)50/h4-12,14-15,25-26,30,38H,13,16-17H2,1-3H3,(H,51,59)(H,54,55)/t25-,26+,30-/m0/s1. The van der Waals surface area contributed by atoms with Crippen molar-refractivity contribution in [2.45, 2.75) is 50.6 Å². The number of anilines is 1. The number of halogens is 8. The van der Waals surface area contributed by atoms with Gasteiger partial charge < -0.3 is 5.32 Å². The summed E-state index contributed by atoms with van der Waals surface area (Å²) in [6.07, 6.45) is -2.77. The van der Waals surface area contributed by atoms with E-state index in [-0.39, 0.29) is 61.7 Å². The molecule has 12 nitrogen and oxygen atoms in total. The largest absolute Gasteiger partial charge is 0.344 e. The Kier molecular flexibility index (Phi) is 10.2. The second-order valence-electron chi connectivity index (χ2n) is 15.7. The highest BCUT2D eigenvalue weighted by Crippen LogP contribution is 2.68. The molecule has 4 aromatic carbocycles. The van der Waals surface area contributed by atoms with Crippen molar-refractivity contribution >= 4 is 66.8 Å². The van der Waals surface area contributed by atoms with Crippen LogP contribution in [0.5, 0.6) is 0 Å². The Morgan fingerprint density at radius 1 is 0.968 bits per heavy atom. The zero-order chi connectivity index (χ0) is 45.0. The second-order valence-corrected chi connectivity index (χ2v) is 18.3. The van der Waals surface area contributed by atoms with Crippen LogP contribution in [0, 0.1) is 24.5 Å². The molecular formula is C42H32Cl2F6N8O4S. The van der Waals surface area contributed by atoms with E-state index in [1.54, 1.807) is 24.3 Å². The van der Waals surface area contributed by atoms with Crippen molar-refractivity contribution in [2.24, 2.45) is 13.0 Å². The molecule has 2 aliphatic carbocycles. The molecule has 3 heterocycles. The lowest BCUT2D eigenvalue weighted by Gasteiger charge is -2.24. The third kappa shape index (κ3) is 7.48. The number of carbonyl (C=O) groups excluding carboxylic acids is 1. The van der Waals surface area contributed by atoms with Crippen molar-refractivity contribution in [1.82, 2.24) is 34.4 Å². The van der Waals surface area contributed by atoms with Gasteiger partial charge in [0, 0.05) is 36.0 Å². The van der Waals surface area contributed by atoms with E-state index in [2.05, 4.69) is 20.2 Å². The fourth-order valence-electron chi connectivity index (χ4n) is 8.58. The number of hydrogen-bond acceptors (Lipinski definition) is 7. The predicted molar refractivity (Wildman–Crippen MR) is 223 cm³/mol. The molecule has 2 aliphatic rings. The van der Waals surface area contributed by atoms with E-state index < -0.39 is 87.7 Å². The van der Waals surface area contributed by atoms with Gasteiger partial charge in [-0.1, -0.05) is 35.3 Å². The number of fused-ring (bicyclic) bond motifs is 5. The van der Waals surface area contributed by atoms with Gasteiger partial charge in [-0.3, -0.25) is 28.2 Å². The highest BCUT2D eigenvalue weighted by Gasteiger charge is 2.67. The van der Waals surface area contributed by atoms with E-state index in [0.29, 0.717) is 26.9 Å². The summed E-state index contributed by atoms with van der Waals surface area (Å²) in [6.45, 7) is 0.825. The smallest absolute Gasteiger partial charge is 0.293 e. The number of aromatic nitrogens is 6. The molecule has 21 heteroatoms. The maximum Gasteiger partial charge on any atom is 0.293 e. The van der Waals surface area contributed by atoms with Gasteiger partial charge >= 0.3 is 0 Å². The van der Waals surface area contributed by atoms with E-state index in [4.69, 9.17) is 28.2 Å². The van der Waals surface area contributed by atoms with Crippen LogP contribution < -0.4 is 15.6 Å². The molecule has 0 bridgehead atoms. The monoisotopic (exact) mass is 928 g/mol. The summed E-state index contributed by atoms with van der Waals surface area (Å²) in [5, 5.41) is 11.4. The number of rotatable bonds is 11. The highest BCUT2D eigenvalue weighted by atomic mass is 35.5. The van der Waals surface area contributed by atoms with E-state index in [1.807, 2.05) is 13.0 Å². The van der Waals surface area contributed by atoms with E-state index in [1.165, 1.54) is 29.9 Å². The van der Waals surface area contributed by atoms with Crippen LogP contribution in [-0.4, -0.2) is 49.7 Å². The van der Waals surface area contributed by atoms with Gasteiger partial charge in [0.05, 0.1) is 44.8 Å². The average molecular weight is 930 g/mol. The molecule has 7 aromatic rings. The zero-order valence-corrected chi connectivity index (χ0v) is 35.4. The first-order chi connectivity index (χ1) is 29.7. The summed E-state index contributed by atoms with van der Waals surface area (Å²) in [5.74, 6) is -9.02. The van der Waals surface area contributed by atoms with Crippen LogP contribution in [-0.2, 0) is 40.8 Å². The molecular weight excluding hydrogens is 897 g/mol. The summed E-state index contributed by atoms with van der Waals surface area (Å²) < 4.78 is 119. The number of alkyl halides is 4. The molecule has 9 rings (SSSR count). The molecule has 2 N–H and O–H groups in total. The lowest BCUT2D eigenvalue weighted by molar-refractivity contribution is -0.123. The van der Waals surface area contributed by atoms with Gasteiger partial charge in [0.25, 0.3) is 17.9 Å². The minimum Gasteiger partial charge on any atom is -0.344 e. The molecule has 63 heavy (non-hydrogen) atoms. The number of sulfonamides is 1. The summed E-state index contributed by atoms with van der Waals surface area (Å²) >= 11 is 12.9. The Labute approximate surface area is 363 Å². The van der Waals surface area contributed by atoms with Crippen LogP contribution in [0.15, 0.2) is 71.5 Å². The van der Waals surface area contributed by atoms with E-state index in [0.717, 1.165) is 28.5 Å². The van der Waals surface area contributed by atoms with Crippen LogP contribution in [0.4, 0.5) is 32.2 Å². The van der Waals surface area contributed by atoms with Gasteiger partial charge in [-0.15, -0.1) is 0 Å². The number of amides is 1. The molecule has 0 saturated heterocycles. The lowest BCUT2D eigenvalue weighted by Crippen LogP contribution is -2.38. The topological polar surface area (TPSA) is 146 Å². The zero-order valence-electron chi connectivity index (χ0n) is 33.0. The first-order valence-corrected chi connectivity index (χ1v) is 21.8. The fraction of sp³-hybridized carbons (Fsp3) is 0.262. The third-order valence-corrected chi connectivity index (χ3v) is 12.6. The Balaban J connectivity index is 1.26. The molecule has 1 fully saturated rings. The van der Waals surface area contributed by atoms with Crippen molar-refractivity contribution < 1.29 is 39.6 Å². The Morgan fingerprint density at radius 2 is 1.65 bits per heavy atom. The average Bonchev–Trinajstić information content (AvgIpc) is 3.73. The van der Waals surface area contributed by atoms with Crippen LogP contribution in [0.1, 0.15) is 58.7 Å². The second kappa shape index (κ2) is 15.1. The molecule has 1 saturated carbocycles. The normalized spacial score (nSPS) is 17.0. The van der Waals surface area contributed by atoms with Crippen LogP contribution in [0.2, 0.25) is 10.0 Å². The first-order valence-electron chi connectivity index (χ1n) is 19.2. The molecule has 3 atom stereocenters. The molecule has 0 radical (unpaired) electrons. The molecule has 1 amide bonds. The number of aryl methyl sites for hydroxylation is 2. The van der Waals surface area contributed by atoms with Crippen LogP contribution >= 0.6 is 23.2 Å². The summed E-state index contributed by atoms with van der Waals surface area (Å²) in [6, 6.07) is 14.0. The van der Waals surface area contributed by atoms with Gasteiger partial charge in [0.1, 0.15) is 35.4 Å². The van der Waals surface area contributed by atoms with Gasteiger partial charge in [-0.2, -0.15) is 19.0 Å². The highest BCUT2D eigenvalue weighted by molar-refractivity contribution is 7.92. The molecule has 0 aliphatic heterocycles. The Bertz CT molecular complexity index is 3250. The Morgan fingerprint density at radius 3 is 2.33 bits per heavy atom. The SMILES string of the molecule is Cc1cc(-c2ccc3c(=O)n(-c4ccc(Cl)c5c(NS(C)(=O)=O)nn(C)c45)c([C@H](Cc4cc(F)cc(F)c4)NC(=O)Cn4nc(C(F)F)c5c4C(F)(F)[C@@H]4C[C@H]54)nc3c2)ccc1Cl. The fourth-order valence-corrected chi connectivity index (χ4v) is 9.44. The maximum absolute atomic E-state index is 15.5. The Hall–Kier alpha value is -5.92. The molecule has 3 aromatic heterocycles. The van der Waals surface area contributed by atoms with E-state index in [9.17, 15) is 30.8 Å².